The summed E-state index contributed by atoms with van der Waals surface area (Å²) in [5.41, 5.74) is 0.453. The number of benzene rings is 1. The Kier molecular flexibility index (Phi) is 4.42. The van der Waals surface area contributed by atoms with Gasteiger partial charge in [0.2, 0.25) is 0 Å². The van der Waals surface area contributed by atoms with Crippen LogP contribution in [0.4, 0.5) is 0 Å². The quantitative estimate of drug-likeness (QED) is 0.732. The maximum atomic E-state index is 9.05. The van der Waals surface area contributed by atoms with Crippen LogP contribution < -0.4 is 10.2 Å². The largest absolute Gasteiger partial charge is 0.493 e. The molecule has 0 spiro atoms. The first-order chi connectivity index (χ1) is 8.25. The minimum absolute atomic E-state index is 0.453. The first kappa shape index (κ1) is 12.4. The van der Waals surface area contributed by atoms with E-state index in [0.29, 0.717) is 23.7 Å². The van der Waals surface area contributed by atoms with Crippen LogP contribution in [0.5, 0.6) is 5.75 Å². The summed E-state index contributed by atoms with van der Waals surface area (Å²) < 4.78 is 10.9. The zero-order valence-corrected chi connectivity index (χ0v) is 9.71. The molecule has 1 aromatic carbocycles. The highest BCUT2D eigenvalue weighted by Gasteiger charge is 2.15. The van der Waals surface area contributed by atoms with Gasteiger partial charge in [-0.05, 0) is 36.4 Å². The molecule has 0 bridgehead atoms. The number of hydrogen-bond donors (Lipinski definition) is 2. The summed E-state index contributed by atoms with van der Waals surface area (Å²) in [5, 5.41) is 18.1. The number of hydrogen-bond acceptors (Lipinski definition) is 4. The van der Waals surface area contributed by atoms with Gasteiger partial charge < -0.3 is 19.5 Å². The summed E-state index contributed by atoms with van der Waals surface area (Å²) in [4.78, 5) is 0. The van der Waals surface area contributed by atoms with Crippen molar-refractivity contribution in [3.8, 4) is 5.75 Å². The van der Waals surface area contributed by atoms with Crippen molar-refractivity contribution in [3.63, 3.8) is 0 Å². The van der Waals surface area contributed by atoms with Gasteiger partial charge in [-0.1, -0.05) is 12.1 Å². The molecule has 4 nitrogen and oxygen atoms in total. The topological polar surface area (TPSA) is 58.9 Å². The van der Waals surface area contributed by atoms with E-state index in [0.717, 1.165) is 26.1 Å². The fourth-order valence-electron chi connectivity index (χ4n) is 1.89. The number of rotatable bonds is 4. The lowest BCUT2D eigenvalue weighted by molar-refractivity contribution is 0.0497. The number of ether oxygens (including phenoxy) is 2. The fraction of sp³-hybridized carbons (Fsp3) is 0.500. The molecule has 17 heavy (non-hydrogen) atoms. The van der Waals surface area contributed by atoms with E-state index in [1.807, 2.05) is 6.07 Å². The Hall–Kier alpha value is -1.04. The van der Waals surface area contributed by atoms with Crippen molar-refractivity contribution in [2.24, 2.45) is 5.92 Å². The normalized spacial score (nSPS) is 16.8. The highest BCUT2D eigenvalue weighted by molar-refractivity contribution is 6.58. The third kappa shape index (κ3) is 3.73. The van der Waals surface area contributed by atoms with E-state index in [4.69, 9.17) is 19.5 Å². The second-order valence-electron chi connectivity index (χ2n) is 4.31. The Balaban J connectivity index is 1.87. The fourth-order valence-corrected chi connectivity index (χ4v) is 1.89. The molecule has 0 aliphatic carbocycles. The Morgan fingerprint density at radius 1 is 1.29 bits per heavy atom. The van der Waals surface area contributed by atoms with Gasteiger partial charge in [0, 0.05) is 13.2 Å². The third-order valence-electron chi connectivity index (χ3n) is 2.98. The lowest BCUT2D eigenvalue weighted by Crippen LogP contribution is -2.29. The van der Waals surface area contributed by atoms with Crippen molar-refractivity contribution in [2.45, 2.75) is 12.8 Å². The first-order valence-corrected chi connectivity index (χ1v) is 5.92. The first-order valence-electron chi connectivity index (χ1n) is 5.92. The van der Waals surface area contributed by atoms with E-state index in [1.54, 1.807) is 18.2 Å². The van der Waals surface area contributed by atoms with Crippen molar-refractivity contribution >= 4 is 12.6 Å². The molecule has 0 radical (unpaired) electrons. The molecule has 0 saturated carbocycles. The standard InChI is InChI=1S/C12H17BO4/c14-13(15)11-2-1-3-12(8-11)17-9-10-4-6-16-7-5-10/h1-3,8,10,14-15H,4-7,9H2. The van der Waals surface area contributed by atoms with E-state index >= 15 is 0 Å². The molecule has 1 saturated heterocycles. The van der Waals surface area contributed by atoms with E-state index in [1.165, 1.54) is 0 Å². The van der Waals surface area contributed by atoms with Gasteiger partial charge in [-0.15, -0.1) is 0 Å². The smallest absolute Gasteiger partial charge is 0.488 e. The van der Waals surface area contributed by atoms with E-state index in [-0.39, 0.29) is 0 Å². The van der Waals surface area contributed by atoms with Crippen LogP contribution in [0.2, 0.25) is 0 Å². The summed E-state index contributed by atoms with van der Waals surface area (Å²) in [6.45, 7) is 2.28. The van der Waals surface area contributed by atoms with Gasteiger partial charge in [0.05, 0.1) is 6.61 Å². The van der Waals surface area contributed by atoms with Crippen LogP contribution >= 0.6 is 0 Å². The molecule has 0 unspecified atom stereocenters. The molecule has 1 aliphatic rings. The van der Waals surface area contributed by atoms with Crippen LogP contribution in [0.3, 0.4) is 0 Å². The summed E-state index contributed by atoms with van der Waals surface area (Å²) >= 11 is 0. The average Bonchev–Trinajstić information content (AvgIpc) is 2.38. The minimum atomic E-state index is -1.44. The van der Waals surface area contributed by atoms with Crippen molar-refractivity contribution in [1.82, 2.24) is 0 Å². The Bertz CT molecular complexity index is 350. The van der Waals surface area contributed by atoms with Crippen molar-refractivity contribution in [2.75, 3.05) is 19.8 Å². The van der Waals surface area contributed by atoms with Gasteiger partial charge >= 0.3 is 7.12 Å². The molecule has 1 fully saturated rings. The Morgan fingerprint density at radius 2 is 2.06 bits per heavy atom. The van der Waals surface area contributed by atoms with Gasteiger partial charge in [-0.3, -0.25) is 0 Å². The second-order valence-corrected chi connectivity index (χ2v) is 4.31. The molecule has 1 heterocycles. The maximum Gasteiger partial charge on any atom is 0.488 e. The van der Waals surface area contributed by atoms with Crippen LogP contribution in [-0.2, 0) is 4.74 Å². The lowest BCUT2D eigenvalue weighted by atomic mass is 9.80. The minimum Gasteiger partial charge on any atom is -0.493 e. The van der Waals surface area contributed by atoms with Crippen molar-refractivity contribution in [1.29, 1.82) is 0 Å². The van der Waals surface area contributed by atoms with Gasteiger partial charge in [0.25, 0.3) is 0 Å². The molecule has 2 rings (SSSR count). The SMILES string of the molecule is OB(O)c1cccc(OCC2CCOCC2)c1. The molecule has 92 valence electrons. The molecule has 2 N–H and O–H groups in total. The van der Waals surface area contributed by atoms with E-state index in [2.05, 4.69) is 0 Å². The summed E-state index contributed by atoms with van der Waals surface area (Å²) in [6, 6.07) is 6.90. The highest BCUT2D eigenvalue weighted by atomic mass is 16.5. The van der Waals surface area contributed by atoms with Crippen molar-refractivity contribution < 1.29 is 19.5 Å². The average molecular weight is 236 g/mol. The molecule has 0 aromatic heterocycles. The lowest BCUT2D eigenvalue weighted by Gasteiger charge is -2.22. The van der Waals surface area contributed by atoms with Gasteiger partial charge in [-0.25, -0.2) is 0 Å². The molecule has 1 aromatic rings. The summed E-state index contributed by atoms with van der Waals surface area (Å²) in [6.07, 6.45) is 2.06. The van der Waals surface area contributed by atoms with Crippen LogP contribution in [-0.4, -0.2) is 37.0 Å². The monoisotopic (exact) mass is 236 g/mol. The van der Waals surface area contributed by atoms with Crippen LogP contribution in [0.15, 0.2) is 24.3 Å². The highest BCUT2D eigenvalue weighted by Crippen LogP contribution is 2.17. The van der Waals surface area contributed by atoms with Crippen LogP contribution in [0.25, 0.3) is 0 Å². The maximum absolute atomic E-state index is 9.05. The molecule has 1 aliphatic heterocycles. The molecule has 0 atom stereocenters. The van der Waals surface area contributed by atoms with Crippen LogP contribution in [0.1, 0.15) is 12.8 Å². The Labute approximate surface area is 101 Å². The third-order valence-corrected chi connectivity index (χ3v) is 2.98. The predicted molar refractivity (Wildman–Crippen MR) is 65.3 cm³/mol. The zero-order valence-electron chi connectivity index (χ0n) is 9.71. The molecule has 5 heteroatoms. The van der Waals surface area contributed by atoms with E-state index < -0.39 is 7.12 Å². The molecular weight excluding hydrogens is 219 g/mol. The molecule has 0 amide bonds. The summed E-state index contributed by atoms with van der Waals surface area (Å²) in [7, 11) is -1.44. The van der Waals surface area contributed by atoms with Gasteiger partial charge in [-0.2, -0.15) is 0 Å². The van der Waals surface area contributed by atoms with Crippen LogP contribution in [0, 0.1) is 5.92 Å². The van der Waals surface area contributed by atoms with Gasteiger partial charge in [0.15, 0.2) is 0 Å². The predicted octanol–water partition coefficient (Wildman–Crippen LogP) is 0.172. The summed E-state index contributed by atoms with van der Waals surface area (Å²) in [5.74, 6) is 1.22. The zero-order chi connectivity index (χ0) is 12.1. The second kappa shape index (κ2) is 6.05. The Morgan fingerprint density at radius 3 is 2.76 bits per heavy atom. The molecular formula is C12H17BO4. The van der Waals surface area contributed by atoms with E-state index in [9.17, 15) is 0 Å². The van der Waals surface area contributed by atoms with Gasteiger partial charge in [0.1, 0.15) is 5.75 Å². The van der Waals surface area contributed by atoms with Crippen molar-refractivity contribution in [3.05, 3.63) is 24.3 Å².